The van der Waals surface area contributed by atoms with Gasteiger partial charge in [-0.05, 0) is 5.41 Å². The highest BCUT2D eigenvalue weighted by molar-refractivity contribution is 8.02. The van der Waals surface area contributed by atoms with Gasteiger partial charge in [-0.1, -0.05) is 42.1 Å². The number of benzene rings is 1. The molecule has 0 bridgehead atoms. The minimum Gasteiger partial charge on any atom is -0.465 e. The summed E-state index contributed by atoms with van der Waals surface area (Å²) in [6.07, 6.45) is 1.59. The van der Waals surface area contributed by atoms with Crippen LogP contribution in [0.1, 0.15) is 5.56 Å². The maximum absolute atomic E-state index is 12.6. The fourth-order valence-electron chi connectivity index (χ4n) is 2.75. The molecule has 2 atom stereocenters. The lowest BCUT2D eigenvalue weighted by atomic mass is 9.84. The molecule has 3 rings (SSSR count). The zero-order chi connectivity index (χ0) is 18.0. The monoisotopic (exact) mass is 358 g/mol. The van der Waals surface area contributed by atoms with E-state index in [0.29, 0.717) is 5.56 Å². The van der Waals surface area contributed by atoms with Crippen LogP contribution in [0.2, 0.25) is 0 Å². The van der Waals surface area contributed by atoms with E-state index in [9.17, 15) is 14.9 Å². The van der Waals surface area contributed by atoms with Crippen LogP contribution in [0, 0.1) is 11.3 Å². The Bertz CT molecular complexity index is 814. The Morgan fingerprint density at radius 1 is 1.24 bits per heavy atom. The van der Waals surface area contributed by atoms with Gasteiger partial charge in [0, 0.05) is 11.8 Å². The average molecular weight is 358 g/mol. The number of hydrogen-bond acceptors (Lipinski definition) is 8. The Morgan fingerprint density at radius 2 is 1.92 bits per heavy atom. The van der Waals surface area contributed by atoms with Crippen molar-refractivity contribution in [1.29, 1.82) is 5.26 Å². The predicted octanol–water partition coefficient (Wildman–Crippen LogP) is 1.84. The molecule has 0 amide bonds. The third kappa shape index (κ3) is 2.58. The number of methoxy groups -OCH3 is 2. The normalized spacial score (nSPS) is 24.5. The summed E-state index contributed by atoms with van der Waals surface area (Å²) in [5, 5.41) is 11.7. The number of esters is 2. The van der Waals surface area contributed by atoms with E-state index >= 15 is 0 Å². The predicted molar refractivity (Wildman–Crippen MR) is 88.2 cm³/mol. The van der Waals surface area contributed by atoms with Crippen molar-refractivity contribution in [2.75, 3.05) is 14.2 Å². The van der Waals surface area contributed by atoms with Crippen LogP contribution in [-0.4, -0.2) is 36.6 Å². The molecule has 8 heteroatoms. The molecule has 0 radical (unpaired) electrons. The number of fused-ring (bicyclic) bond motifs is 1. The number of rotatable bonds is 3. The van der Waals surface area contributed by atoms with E-state index in [-0.39, 0.29) is 11.3 Å². The number of carbonyl (C=O) groups is 2. The second kappa shape index (κ2) is 6.63. The first-order valence-corrected chi connectivity index (χ1v) is 8.19. The third-order valence-corrected chi connectivity index (χ3v) is 4.71. The van der Waals surface area contributed by atoms with E-state index in [0.717, 1.165) is 0 Å². The summed E-state index contributed by atoms with van der Waals surface area (Å²) in [5.41, 5.74) is -2.33. The Hall–Kier alpha value is -2.76. The molecule has 25 heavy (non-hydrogen) atoms. The summed E-state index contributed by atoms with van der Waals surface area (Å²) in [5.74, 6) is -1.59. The zero-order valence-corrected chi connectivity index (χ0v) is 14.3. The van der Waals surface area contributed by atoms with Gasteiger partial charge in [0.15, 0.2) is 5.56 Å². The maximum atomic E-state index is 12.6. The van der Waals surface area contributed by atoms with Crippen molar-refractivity contribution in [3.05, 3.63) is 58.8 Å². The van der Waals surface area contributed by atoms with Crippen LogP contribution in [0.15, 0.2) is 53.2 Å². The first kappa shape index (κ1) is 17.1. The number of nitrogens with zero attached hydrogens (tertiary/aromatic N) is 2. The fraction of sp³-hybridized carbons (Fsp3) is 0.235. The summed E-state index contributed by atoms with van der Waals surface area (Å²) in [6.45, 7) is 0. The van der Waals surface area contributed by atoms with Crippen molar-refractivity contribution >= 4 is 23.7 Å². The summed E-state index contributed by atoms with van der Waals surface area (Å²) < 4.78 is 15.7. The molecule has 2 unspecified atom stereocenters. The highest BCUT2D eigenvalue weighted by atomic mass is 32.2. The average Bonchev–Trinajstić information content (AvgIpc) is 3.13. The Morgan fingerprint density at radius 3 is 2.52 bits per heavy atom. The number of thioether (sulfide) groups is 1. The molecule has 0 fully saturated rings. The summed E-state index contributed by atoms with van der Waals surface area (Å²) in [6, 6.07) is 10.6. The summed E-state index contributed by atoms with van der Waals surface area (Å²) in [7, 11) is 2.39. The molecule has 0 N–H and O–H groups in total. The lowest BCUT2D eigenvalue weighted by molar-refractivity contribution is -0.149. The quantitative estimate of drug-likeness (QED) is 0.756. The van der Waals surface area contributed by atoms with Gasteiger partial charge >= 0.3 is 11.9 Å². The molecular weight excluding hydrogens is 344 g/mol. The van der Waals surface area contributed by atoms with Crippen molar-refractivity contribution in [3.8, 4) is 6.07 Å². The molecule has 1 aromatic rings. The molecule has 0 saturated carbocycles. The summed E-state index contributed by atoms with van der Waals surface area (Å²) in [4.78, 5) is 26.5. The molecule has 2 aliphatic rings. The molecule has 0 spiro atoms. The van der Waals surface area contributed by atoms with Crippen molar-refractivity contribution in [3.63, 3.8) is 0 Å². The molecule has 2 aliphatic heterocycles. The molecule has 0 aliphatic carbocycles. The van der Waals surface area contributed by atoms with Gasteiger partial charge in [0.05, 0.1) is 14.2 Å². The first-order chi connectivity index (χ1) is 12.1. The van der Waals surface area contributed by atoms with Gasteiger partial charge < -0.3 is 19.1 Å². The molecular formula is C17H14N2O5S. The number of hydrogen-bond donors (Lipinski definition) is 0. The van der Waals surface area contributed by atoms with Crippen LogP contribution in [0.3, 0.4) is 0 Å². The van der Waals surface area contributed by atoms with Gasteiger partial charge in [-0.2, -0.15) is 5.26 Å². The largest absolute Gasteiger partial charge is 0.465 e. The molecule has 128 valence electrons. The number of carbonyl (C=O) groups excluding carboxylic acids is 2. The van der Waals surface area contributed by atoms with E-state index in [1.165, 1.54) is 30.9 Å². The Balaban J connectivity index is 2.34. The zero-order valence-electron chi connectivity index (χ0n) is 13.5. The summed E-state index contributed by atoms with van der Waals surface area (Å²) >= 11 is 1.27. The lowest BCUT2D eigenvalue weighted by Gasteiger charge is -2.41. The van der Waals surface area contributed by atoms with Gasteiger partial charge in [-0.25, -0.2) is 9.59 Å². The van der Waals surface area contributed by atoms with Gasteiger partial charge in [0.1, 0.15) is 17.3 Å². The van der Waals surface area contributed by atoms with Crippen LogP contribution in [-0.2, 0) is 29.4 Å². The Kier molecular flexibility index (Phi) is 4.53. The Labute approximate surface area is 148 Å². The second-order valence-corrected chi connectivity index (χ2v) is 6.07. The van der Waals surface area contributed by atoms with E-state index in [1.54, 1.807) is 41.9 Å². The fourth-order valence-corrected chi connectivity index (χ4v) is 3.60. The minimum atomic E-state index is -1.79. The highest BCUT2D eigenvalue weighted by Crippen LogP contribution is 2.47. The van der Waals surface area contributed by atoms with E-state index < -0.39 is 23.1 Å². The molecule has 2 heterocycles. The van der Waals surface area contributed by atoms with Crippen molar-refractivity contribution in [2.24, 2.45) is 0 Å². The molecule has 1 aromatic carbocycles. The van der Waals surface area contributed by atoms with Crippen LogP contribution in [0.4, 0.5) is 0 Å². The van der Waals surface area contributed by atoms with Crippen LogP contribution in [0.5, 0.6) is 0 Å². The van der Waals surface area contributed by atoms with Crippen molar-refractivity contribution < 1.29 is 23.8 Å². The minimum absolute atomic E-state index is 0.0720. The second-order valence-electron chi connectivity index (χ2n) is 5.12. The molecule has 0 saturated heterocycles. The highest BCUT2D eigenvalue weighted by Gasteiger charge is 2.54. The van der Waals surface area contributed by atoms with Crippen LogP contribution < -0.4 is 0 Å². The topological polar surface area (TPSA) is 88.9 Å². The van der Waals surface area contributed by atoms with Gasteiger partial charge in [0.2, 0.25) is 5.60 Å². The van der Waals surface area contributed by atoms with Crippen molar-refractivity contribution in [1.82, 2.24) is 4.90 Å². The number of ether oxygens (including phenoxy) is 3. The first-order valence-electron chi connectivity index (χ1n) is 7.25. The number of nitriles is 1. The van der Waals surface area contributed by atoms with Crippen LogP contribution >= 0.6 is 11.8 Å². The third-order valence-electron chi connectivity index (χ3n) is 3.87. The standard InChI is InChI=1S/C17H14N2O5S/c1-22-14(20)12-13(15(21)23-2)19-8-9-25-16(19)24-17(12,10-18)11-6-4-3-5-7-11/h3-9,16H,1-2H3. The molecule has 7 nitrogen and oxygen atoms in total. The van der Waals surface area contributed by atoms with E-state index in [2.05, 4.69) is 6.07 Å². The smallest absolute Gasteiger partial charge is 0.355 e. The maximum Gasteiger partial charge on any atom is 0.355 e. The molecule has 0 aromatic heterocycles. The van der Waals surface area contributed by atoms with Crippen LogP contribution in [0.25, 0.3) is 0 Å². The van der Waals surface area contributed by atoms with Gasteiger partial charge in [-0.3, -0.25) is 0 Å². The lowest BCUT2D eigenvalue weighted by Crippen LogP contribution is -2.49. The van der Waals surface area contributed by atoms with Gasteiger partial charge in [-0.15, -0.1) is 0 Å². The SMILES string of the molecule is COC(=O)C1=C(C(=O)OC)C(C#N)(c2ccccc2)OC2SC=CN12. The van der Waals surface area contributed by atoms with E-state index in [4.69, 9.17) is 14.2 Å². The van der Waals surface area contributed by atoms with Crippen molar-refractivity contribution in [2.45, 2.75) is 11.2 Å². The van der Waals surface area contributed by atoms with E-state index in [1.807, 2.05) is 0 Å². The van der Waals surface area contributed by atoms with Gasteiger partial charge in [0.25, 0.3) is 0 Å².